The first kappa shape index (κ1) is 16.4. The average molecular weight is 305 g/mol. The van der Waals surface area contributed by atoms with Gasteiger partial charge in [-0.15, -0.1) is 11.8 Å². The van der Waals surface area contributed by atoms with Gasteiger partial charge in [-0.2, -0.15) is 0 Å². The van der Waals surface area contributed by atoms with Gasteiger partial charge in [0.1, 0.15) is 0 Å². The summed E-state index contributed by atoms with van der Waals surface area (Å²) in [4.78, 5) is 15.3. The molecule has 1 aromatic rings. The van der Waals surface area contributed by atoms with Crippen LogP contribution in [0.1, 0.15) is 51.2 Å². The van der Waals surface area contributed by atoms with Gasteiger partial charge in [-0.1, -0.05) is 26.8 Å². The van der Waals surface area contributed by atoms with E-state index in [9.17, 15) is 4.79 Å². The number of carbonyl (C=O) groups is 1. The zero-order chi connectivity index (χ0) is 15.6. The second kappa shape index (κ2) is 6.43. The summed E-state index contributed by atoms with van der Waals surface area (Å²) in [7, 11) is 1.98. The van der Waals surface area contributed by atoms with Crippen LogP contribution in [0.15, 0.2) is 23.1 Å². The fourth-order valence-electron chi connectivity index (χ4n) is 3.89. The molecule has 0 aromatic heterocycles. The number of amides is 1. The molecule has 1 aliphatic heterocycles. The van der Waals surface area contributed by atoms with E-state index in [2.05, 4.69) is 31.4 Å². The van der Waals surface area contributed by atoms with Crippen LogP contribution in [0.5, 0.6) is 0 Å². The molecule has 1 heterocycles. The molecule has 21 heavy (non-hydrogen) atoms. The molecule has 1 fully saturated rings. The Morgan fingerprint density at radius 1 is 1.29 bits per heavy atom. The number of rotatable bonds is 1. The molecule has 0 saturated carbocycles. The average Bonchev–Trinajstić information content (AvgIpc) is 2.53. The van der Waals surface area contributed by atoms with Crippen LogP contribution < -0.4 is 0 Å². The van der Waals surface area contributed by atoms with Gasteiger partial charge in [0.2, 0.25) is 5.91 Å². The van der Waals surface area contributed by atoms with Gasteiger partial charge < -0.3 is 4.90 Å². The fraction of sp³-hybridized carbons (Fsp3) is 0.611. The first-order valence-electron chi connectivity index (χ1n) is 7.99. The lowest BCUT2D eigenvalue weighted by atomic mass is 9.63. The highest BCUT2D eigenvalue weighted by Crippen LogP contribution is 2.46. The summed E-state index contributed by atoms with van der Waals surface area (Å²) < 4.78 is 0. The molecule has 0 radical (unpaired) electrons. The minimum atomic E-state index is 0.146. The van der Waals surface area contributed by atoms with Gasteiger partial charge in [0.05, 0.1) is 0 Å². The number of likely N-dealkylation sites (tertiary alicyclic amines) is 1. The van der Waals surface area contributed by atoms with Gasteiger partial charge in [0, 0.05) is 29.8 Å². The smallest absolute Gasteiger partial charge is 0.222 e. The number of piperidine rings is 1. The number of nitrogens with zero attached hydrogens (tertiary/aromatic N) is 1. The number of benzene rings is 1. The zero-order valence-corrected chi connectivity index (χ0v) is 14.7. The normalized spacial score (nSPS) is 27.4. The van der Waals surface area contributed by atoms with E-state index in [0.717, 1.165) is 19.3 Å². The molecule has 1 unspecified atom stereocenters. The van der Waals surface area contributed by atoms with E-state index in [1.165, 1.54) is 16.0 Å². The predicted molar refractivity (Wildman–Crippen MR) is 91.0 cm³/mol. The lowest BCUT2D eigenvalue weighted by Crippen LogP contribution is -2.56. The van der Waals surface area contributed by atoms with Crippen molar-refractivity contribution in [3.63, 3.8) is 0 Å². The Kier molecular flexibility index (Phi) is 5.03. The number of likely N-dealkylation sites (N-methyl/N-ethyl adjacent to an activating group) is 1. The number of thioether (sulfide) groups is 1. The van der Waals surface area contributed by atoms with Crippen LogP contribution >= 0.6 is 11.8 Å². The van der Waals surface area contributed by atoms with E-state index >= 15 is 0 Å². The van der Waals surface area contributed by atoms with Crippen molar-refractivity contribution < 1.29 is 4.79 Å². The van der Waals surface area contributed by atoms with Gasteiger partial charge >= 0.3 is 0 Å². The summed E-state index contributed by atoms with van der Waals surface area (Å²) in [5.41, 5.74) is 3.11. The highest BCUT2D eigenvalue weighted by molar-refractivity contribution is 7.98. The van der Waals surface area contributed by atoms with Crippen molar-refractivity contribution in [3.8, 4) is 0 Å². The highest BCUT2D eigenvalue weighted by atomic mass is 32.2. The SMILES string of the molecule is CC.CSc1ccc2c(c1)CCC1N(C)C(=O)CC[C@]21C. The molecule has 2 atom stereocenters. The summed E-state index contributed by atoms with van der Waals surface area (Å²) in [5.74, 6) is 0.312. The van der Waals surface area contributed by atoms with Crippen LogP contribution in [-0.4, -0.2) is 30.2 Å². The van der Waals surface area contributed by atoms with Crippen molar-refractivity contribution in [1.82, 2.24) is 4.90 Å². The topological polar surface area (TPSA) is 20.3 Å². The van der Waals surface area contributed by atoms with Crippen LogP contribution in [0, 0.1) is 0 Å². The fourth-order valence-corrected chi connectivity index (χ4v) is 4.35. The third-order valence-corrected chi connectivity index (χ3v) is 5.79. The largest absolute Gasteiger partial charge is 0.342 e. The van der Waals surface area contributed by atoms with E-state index in [0.29, 0.717) is 18.4 Å². The third kappa shape index (κ3) is 2.73. The highest BCUT2D eigenvalue weighted by Gasteiger charge is 2.46. The van der Waals surface area contributed by atoms with Crippen LogP contribution in [0.3, 0.4) is 0 Å². The summed E-state index contributed by atoms with van der Waals surface area (Å²) in [6, 6.07) is 7.25. The molecule has 3 rings (SSSR count). The number of hydrogen-bond donors (Lipinski definition) is 0. The molecule has 116 valence electrons. The Labute approximate surface area is 133 Å². The molecule has 2 aliphatic rings. The van der Waals surface area contributed by atoms with Crippen LogP contribution in [0.2, 0.25) is 0 Å². The first-order chi connectivity index (χ1) is 10.1. The lowest BCUT2D eigenvalue weighted by Gasteiger charge is -2.50. The van der Waals surface area contributed by atoms with E-state index in [-0.39, 0.29) is 5.41 Å². The van der Waals surface area contributed by atoms with Crippen LogP contribution in [-0.2, 0) is 16.6 Å². The number of hydrogen-bond acceptors (Lipinski definition) is 2. The quantitative estimate of drug-likeness (QED) is 0.723. The number of carbonyl (C=O) groups excluding carboxylic acids is 1. The zero-order valence-electron chi connectivity index (χ0n) is 13.9. The van der Waals surface area contributed by atoms with Gasteiger partial charge in [0.25, 0.3) is 0 Å². The van der Waals surface area contributed by atoms with E-state index in [1.807, 2.05) is 25.8 Å². The van der Waals surface area contributed by atoms with E-state index in [1.54, 1.807) is 11.8 Å². The molecule has 3 heteroatoms. The van der Waals surface area contributed by atoms with Crippen LogP contribution in [0.25, 0.3) is 0 Å². The van der Waals surface area contributed by atoms with Crippen molar-refractivity contribution in [3.05, 3.63) is 29.3 Å². The maximum absolute atomic E-state index is 11.9. The molecule has 0 bridgehead atoms. The Bertz CT molecular complexity index is 528. The molecule has 1 amide bonds. The molecule has 1 saturated heterocycles. The van der Waals surface area contributed by atoms with Crippen molar-refractivity contribution in [2.24, 2.45) is 0 Å². The molecular weight excluding hydrogens is 278 g/mol. The lowest BCUT2D eigenvalue weighted by molar-refractivity contribution is -0.138. The first-order valence-corrected chi connectivity index (χ1v) is 9.22. The summed E-state index contributed by atoms with van der Waals surface area (Å²) in [6.07, 6.45) is 6.01. The maximum Gasteiger partial charge on any atom is 0.222 e. The molecular formula is C18H27NOS. The second-order valence-electron chi connectivity index (χ2n) is 6.00. The summed E-state index contributed by atoms with van der Waals surface area (Å²) in [6.45, 7) is 6.34. The van der Waals surface area contributed by atoms with E-state index in [4.69, 9.17) is 0 Å². The Morgan fingerprint density at radius 2 is 2.00 bits per heavy atom. The Balaban J connectivity index is 0.000000774. The van der Waals surface area contributed by atoms with Gasteiger partial charge in [-0.25, -0.2) is 0 Å². The van der Waals surface area contributed by atoms with Gasteiger partial charge in [-0.05, 0) is 48.8 Å². The Morgan fingerprint density at radius 3 is 2.67 bits per heavy atom. The molecule has 1 aromatic carbocycles. The second-order valence-corrected chi connectivity index (χ2v) is 6.88. The number of aryl methyl sites for hydroxylation is 1. The molecule has 0 spiro atoms. The minimum Gasteiger partial charge on any atom is -0.342 e. The van der Waals surface area contributed by atoms with Crippen molar-refractivity contribution in [2.75, 3.05) is 13.3 Å². The number of fused-ring (bicyclic) bond motifs is 3. The summed E-state index contributed by atoms with van der Waals surface area (Å²) in [5, 5.41) is 0. The van der Waals surface area contributed by atoms with E-state index < -0.39 is 0 Å². The maximum atomic E-state index is 11.9. The standard InChI is InChI=1S/C16H21NOS.C2H6/c1-16-9-8-15(18)17(2)14(16)7-4-11-10-12(19-3)5-6-13(11)16;1-2/h5-6,10,14H,4,7-9H2,1-3H3;1-2H3/t14?,16-;/m1./s1. The van der Waals surface area contributed by atoms with Gasteiger partial charge in [0.15, 0.2) is 0 Å². The van der Waals surface area contributed by atoms with Crippen molar-refractivity contribution in [2.45, 2.75) is 62.8 Å². The van der Waals surface area contributed by atoms with Crippen molar-refractivity contribution in [1.29, 1.82) is 0 Å². The minimum absolute atomic E-state index is 0.146. The molecule has 1 aliphatic carbocycles. The Hall–Kier alpha value is -0.960. The predicted octanol–water partition coefficient (Wildman–Crippen LogP) is 4.26. The van der Waals surface area contributed by atoms with Crippen molar-refractivity contribution >= 4 is 17.7 Å². The molecule has 0 N–H and O–H groups in total. The molecule has 2 nitrogen and oxygen atoms in total. The monoisotopic (exact) mass is 305 g/mol. The summed E-state index contributed by atoms with van der Waals surface area (Å²) >= 11 is 1.81. The van der Waals surface area contributed by atoms with Gasteiger partial charge in [-0.3, -0.25) is 4.79 Å². The van der Waals surface area contributed by atoms with Crippen LogP contribution in [0.4, 0.5) is 0 Å². The third-order valence-electron chi connectivity index (χ3n) is 5.07.